The summed E-state index contributed by atoms with van der Waals surface area (Å²) in [5, 5.41) is 1.18. The summed E-state index contributed by atoms with van der Waals surface area (Å²) in [4.78, 5) is 4.21. The molecule has 68 valence electrons. The second-order valence-electron chi connectivity index (χ2n) is 2.59. The number of rotatable bonds is 0. The van der Waals surface area contributed by atoms with Gasteiger partial charge in [0.15, 0.2) is 12.4 Å². The van der Waals surface area contributed by atoms with E-state index in [2.05, 4.69) is 17.2 Å². The molecule has 2 aromatic heterocycles. The SMILES string of the molecule is CC.C[n+]1ccc2ncccc2c1. The van der Waals surface area contributed by atoms with Crippen molar-refractivity contribution in [2.75, 3.05) is 0 Å². The molecule has 0 radical (unpaired) electrons. The van der Waals surface area contributed by atoms with Crippen LogP contribution in [0.15, 0.2) is 36.8 Å². The topological polar surface area (TPSA) is 16.8 Å². The van der Waals surface area contributed by atoms with Crippen LogP contribution in [0.1, 0.15) is 13.8 Å². The number of hydrogen-bond acceptors (Lipinski definition) is 1. The van der Waals surface area contributed by atoms with E-state index in [1.54, 1.807) is 0 Å². The summed E-state index contributed by atoms with van der Waals surface area (Å²) >= 11 is 0. The molecule has 0 unspecified atom stereocenters. The first-order chi connectivity index (χ1) is 6.36. The molecule has 2 heteroatoms. The number of fused-ring (bicyclic) bond motifs is 1. The van der Waals surface area contributed by atoms with Gasteiger partial charge >= 0.3 is 0 Å². The molecule has 2 aromatic rings. The second kappa shape index (κ2) is 4.55. The van der Waals surface area contributed by atoms with Crippen LogP contribution in [0.25, 0.3) is 10.9 Å². The molecule has 0 saturated carbocycles. The van der Waals surface area contributed by atoms with E-state index in [9.17, 15) is 0 Å². The molecule has 0 spiro atoms. The minimum absolute atomic E-state index is 1.05. The lowest BCUT2D eigenvalue weighted by atomic mass is 10.3. The summed E-state index contributed by atoms with van der Waals surface area (Å²) in [6.45, 7) is 4.00. The Balaban J connectivity index is 0.000000396. The predicted octanol–water partition coefficient (Wildman–Crippen LogP) is 2.09. The van der Waals surface area contributed by atoms with Gasteiger partial charge in [-0.15, -0.1) is 0 Å². The van der Waals surface area contributed by atoms with Crippen LogP contribution in [0.3, 0.4) is 0 Å². The van der Waals surface area contributed by atoms with E-state index in [0.717, 1.165) is 5.52 Å². The first-order valence-electron chi connectivity index (χ1n) is 4.56. The zero-order valence-electron chi connectivity index (χ0n) is 8.36. The van der Waals surface area contributed by atoms with Gasteiger partial charge in [-0.05, 0) is 12.1 Å². The molecule has 0 aliphatic carbocycles. The maximum atomic E-state index is 4.21. The zero-order valence-corrected chi connectivity index (χ0v) is 8.36. The summed E-state index contributed by atoms with van der Waals surface area (Å²) in [6, 6.07) is 6.01. The fourth-order valence-electron chi connectivity index (χ4n) is 1.13. The van der Waals surface area contributed by atoms with Gasteiger partial charge in [0.2, 0.25) is 0 Å². The van der Waals surface area contributed by atoms with E-state index >= 15 is 0 Å². The summed E-state index contributed by atoms with van der Waals surface area (Å²) in [5.74, 6) is 0. The first kappa shape index (κ1) is 9.65. The standard InChI is InChI=1S/C9H9N2.C2H6/c1-11-6-4-9-8(7-11)3-2-5-10-9;1-2/h2-7H,1H3;1-2H3/q+1;. The molecular formula is C11H15N2+. The molecule has 0 aliphatic rings. The lowest BCUT2D eigenvalue weighted by Gasteiger charge is -1.91. The van der Waals surface area contributed by atoms with Crippen molar-refractivity contribution in [1.82, 2.24) is 4.98 Å². The van der Waals surface area contributed by atoms with Gasteiger partial charge in [-0.2, -0.15) is 0 Å². The Morgan fingerprint density at radius 2 is 2.00 bits per heavy atom. The number of hydrogen-bond donors (Lipinski definition) is 0. The first-order valence-corrected chi connectivity index (χ1v) is 4.56. The maximum Gasteiger partial charge on any atom is 0.177 e. The number of aryl methyl sites for hydroxylation is 1. The number of aromatic nitrogens is 2. The Labute approximate surface area is 78.9 Å². The van der Waals surface area contributed by atoms with Crippen molar-refractivity contribution in [2.24, 2.45) is 7.05 Å². The monoisotopic (exact) mass is 175 g/mol. The third kappa shape index (κ3) is 2.25. The third-order valence-corrected chi connectivity index (χ3v) is 1.68. The van der Waals surface area contributed by atoms with Crippen molar-refractivity contribution in [2.45, 2.75) is 13.8 Å². The Morgan fingerprint density at radius 3 is 2.77 bits per heavy atom. The molecule has 0 atom stereocenters. The maximum absolute atomic E-state index is 4.21. The van der Waals surface area contributed by atoms with Crippen molar-refractivity contribution < 1.29 is 4.57 Å². The quantitative estimate of drug-likeness (QED) is 0.560. The Kier molecular flexibility index (Phi) is 3.38. The summed E-state index contributed by atoms with van der Waals surface area (Å²) in [6.07, 6.45) is 5.86. The minimum atomic E-state index is 1.05. The normalized spacial score (nSPS) is 9.15. The van der Waals surface area contributed by atoms with Crippen LogP contribution in [-0.4, -0.2) is 4.98 Å². The molecule has 2 heterocycles. The average molecular weight is 175 g/mol. The fourth-order valence-corrected chi connectivity index (χ4v) is 1.13. The predicted molar refractivity (Wildman–Crippen MR) is 54.3 cm³/mol. The van der Waals surface area contributed by atoms with Crippen LogP contribution < -0.4 is 4.57 Å². The van der Waals surface area contributed by atoms with Gasteiger partial charge in [0.25, 0.3) is 0 Å². The van der Waals surface area contributed by atoms with Gasteiger partial charge in [0.05, 0.1) is 10.9 Å². The molecule has 13 heavy (non-hydrogen) atoms. The van der Waals surface area contributed by atoms with Gasteiger partial charge in [-0.3, -0.25) is 4.98 Å². The molecule has 0 amide bonds. The highest BCUT2D eigenvalue weighted by Crippen LogP contribution is 2.05. The molecule has 0 aromatic carbocycles. The van der Waals surface area contributed by atoms with E-state index < -0.39 is 0 Å². The Morgan fingerprint density at radius 1 is 1.23 bits per heavy atom. The van der Waals surface area contributed by atoms with Crippen LogP contribution in [0, 0.1) is 0 Å². The van der Waals surface area contributed by atoms with Crippen LogP contribution in [0.5, 0.6) is 0 Å². The van der Waals surface area contributed by atoms with Crippen LogP contribution in [0.2, 0.25) is 0 Å². The van der Waals surface area contributed by atoms with Crippen molar-refractivity contribution in [1.29, 1.82) is 0 Å². The molecular weight excluding hydrogens is 160 g/mol. The van der Waals surface area contributed by atoms with Crippen LogP contribution in [0.4, 0.5) is 0 Å². The van der Waals surface area contributed by atoms with Gasteiger partial charge < -0.3 is 0 Å². The molecule has 0 saturated heterocycles. The third-order valence-electron chi connectivity index (χ3n) is 1.68. The van der Waals surface area contributed by atoms with E-state index in [1.165, 1.54) is 5.39 Å². The smallest absolute Gasteiger partial charge is 0.177 e. The lowest BCUT2D eigenvalue weighted by Crippen LogP contribution is -2.25. The largest absolute Gasteiger partial charge is 0.256 e. The van der Waals surface area contributed by atoms with Crippen LogP contribution >= 0.6 is 0 Å². The van der Waals surface area contributed by atoms with Crippen molar-refractivity contribution in [3.8, 4) is 0 Å². The second-order valence-corrected chi connectivity index (χ2v) is 2.59. The highest BCUT2D eigenvalue weighted by molar-refractivity contribution is 5.75. The number of pyridine rings is 2. The Hall–Kier alpha value is -1.44. The van der Waals surface area contributed by atoms with E-state index in [1.807, 2.05) is 50.0 Å². The van der Waals surface area contributed by atoms with Gasteiger partial charge in [-0.1, -0.05) is 13.8 Å². The summed E-state index contributed by atoms with van der Waals surface area (Å²) < 4.78 is 2.02. The van der Waals surface area contributed by atoms with Crippen molar-refractivity contribution in [3.05, 3.63) is 36.8 Å². The minimum Gasteiger partial charge on any atom is -0.256 e. The average Bonchev–Trinajstić information content (AvgIpc) is 2.21. The molecule has 0 bridgehead atoms. The fraction of sp³-hybridized carbons (Fsp3) is 0.273. The Bertz CT molecular complexity index is 383. The van der Waals surface area contributed by atoms with E-state index in [4.69, 9.17) is 0 Å². The molecule has 0 N–H and O–H groups in total. The lowest BCUT2D eigenvalue weighted by molar-refractivity contribution is -0.670. The van der Waals surface area contributed by atoms with E-state index in [0.29, 0.717) is 0 Å². The van der Waals surface area contributed by atoms with Crippen molar-refractivity contribution >= 4 is 10.9 Å². The molecule has 0 aliphatic heterocycles. The molecule has 2 nitrogen and oxygen atoms in total. The summed E-state index contributed by atoms with van der Waals surface area (Å²) in [7, 11) is 2.01. The molecule has 0 fully saturated rings. The highest BCUT2D eigenvalue weighted by atomic mass is 14.9. The van der Waals surface area contributed by atoms with Gasteiger partial charge in [0.1, 0.15) is 7.05 Å². The highest BCUT2D eigenvalue weighted by Gasteiger charge is 1.96. The zero-order chi connectivity index (χ0) is 9.68. The molecule has 2 rings (SSSR count). The van der Waals surface area contributed by atoms with Gasteiger partial charge in [-0.25, -0.2) is 4.57 Å². The van der Waals surface area contributed by atoms with Gasteiger partial charge in [0, 0.05) is 12.3 Å². The summed E-state index contributed by atoms with van der Waals surface area (Å²) in [5.41, 5.74) is 1.05. The number of nitrogens with zero attached hydrogens (tertiary/aromatic N) is 2. The van der Waals surface area contributed by atoms with E-state index in [-0.39, 0.29) is 0 Å². The van der Waals surface area contributed by atoms with Crippen LogP contribution in [-0.2, 0) is 7.05 Å². The van der Waals surface area contributed by atoms with Crippen molar-refractivity contribution in [3.63, 3.8) is 0 Å².